The van der Waals surface area contributed by atoms with E-state index in [1.54, 1.807) is 0 Å². The van der Waals surface area contributed by atoms with E-state index in [2.05, 4.69) is 34.5 Å². The Morgan fingerprint density at radius 2 is 2.21 bits per heavy atom. The van der Waals surface area contributed by atoms with Crippen LogP contribution in [0.5, 0.6) is 0 Å². The van der Waals surface area contributed by atoms with Crippen LogP contribution >= 0.6 is 0 Å². The molecule has 106 valence electrons. The van der Waals surface area contributed by atoms with Gasteiger partial charge >= 0.3 is 0 Å². The standard InChI is InChI=1S/C15H24N2O2/c1-16-14-6-4-8-17(9-11-19-12-10-18)15-7-3-2-5-13(14)15/h2-3,5,7,14,16,18H,4,6,8-12H2,1H3. The summed E-state index contributed by atoms with van der Waals surface area (Å²) in [5.41, 5.74) is 2.69. The number of hydrogen-bond donors (Lipinski definition) is 2. The number of ether oxygens (including phenoxy) is 1. The molecule has 1 aliphatic rings. The number of nitrogens with one attached hydrogen (secondary N) is 1. The zero-order valence-corrected chi connectivity index (χ0v) is 11.6. The fourth-order valence-corrected chi connectivity index (χ4v) is 2.71. The molecule has 0 saturated heterocycles. The van der Waals surface area contributed by atoms with Crippen LogP contribution in [0, 0.1) is 0 Å². The maximum absolute atomic E-state index is 8.73. The molecule has 4 nitrogen and oxygen atoms in total. The van der Waals surface area contributed by atoms with Crippen molar-refractivity contribution in [2.24, 2.45) is 0 Å². The molecule has 19 heavy (non-hydrogen) atoms. The molecular weight excluding hydrogens is 240 g/mol. The van der Waals surface area contributed by atoms with Crippen LogP contribution in [0.2, 0.25) is 0 Å². The van der Waals surface area contributed by atoms with Gasteiger partial charge in [0.25, 0.3) is 0 Å². The molecule has 1 aliphatic heterocycles. The summed E-state index contributed by atoms with van der Waals surface area (Å²) in [5, 5.41) is 12.1. The van der Waals surface area contributed by atoms with Crippen molar-refractivity contribution in [2.75, 3.05) is 44.9 Å². The molecule has 1 heterocycles. The number of nitrogens with zero attached hydrogens (tertiary/aromatic N) is 1. The number of fused-ring (bicyclic) bond motifs is 1. The Bertz CT molecular complexity index is 384. The topological polar surface area (TPSA) is 44.7 Å². The van der Waals surface area contributed by atoms with E-state index >= 15 is 0 Å². The molecule has 1 aromatic carbocycles. The minimum atomic E-state index is 0.0957. The molecule has 4 heteroatoms. The van der Waals surface area contributed by atoms with Gasteiger partial charge in [0.15, 0.2) is 0 Å². The average molecular weight is 264 g/mol. The van der Waals surface area contributed by atoms with Gasteiger partial charge in [0, 0.05) is 24.8 Å². The van der Waals surface area contributed by atoms with E-state index in [0.29, 0.717) is 19.3 Å². The van der Waals surface area contributed by atoms with Gasteiger partial charge in [-0.3, -0.25) is 0 Å². The molecule has 0 radical (unpaired) electrons. The first-order valence-corrected chi connectivity index (χ1v) is 7.06. The summed E-state index contributed by atoms with van der Waals surface area (Å²) in [6, 6.07) is 9.05. The lowest BCUT2D eigenvalue weighted by Crippen LogP contribution is -2.28. The van der Waals surface area contributed by atoms with E-state index in [4.69, 9.17) is 9.84 Å². The van der Waals surface area contributed by atoms with Gasteiger partial charge in [-0.15, -0.1) is 0 Å². The van der Waals surface area contributed by atoms with Crippen molar-refractivity contribution in [2.45, 2.75) is 18.9 Å². The second-order valence-electron chi connectivity index (χ2n) is 4.87. The van der Waals surface area contributed by atoms with Gasteiger partial charge in [-0.05, 0) is 31.5 Å². The lowest BCUT2D eigenvalue weighted by Gasteiger charge is -2.25. The fraction of sp³-hybridized carbons (Fsp3) is 0.600. The third-order valence-electron chi connectivity index (χ3n) is 3.66. The van der Waals surface area contributed by atoms with E-state index in [-0.39, 0.29) is 6.61 Å². The van der Waals surface area contributed by atoms with E-state index in [1.165, 1.54) is 24.1 Å². The Kier molecular flexibility index (Phi) is 5.63. The summed E-state index contributed by atoms with van der Waals surface area (Å²) in [6.07, 6.45) is 2.35. The molecule has 0 spiro atoms. The van der Waals surface area contributed by atoms with E-state index in [0.717, 1.165) is 13.1 Å². The Morgan fingerprint density at radius 3 is 3.00 bits per heavy atom. The summed E-state index contributed by atoms with van der Waals surface area (Å²) in [5.74, 6) is 0. The molecule has 1 aromatic rings. The summed E-state index contributed by atoms with van der Waals surface area (Å²) in [4.78, 5) is 2.39. The first-order chi connectivity index (χ1) is 9.36. The molecule has 0 aromatic heterocycles. The van der Waals surface area contributed by atoms with Crippen LogP contribution in [0.15, 0.2) is 24.3 Å². The Morgan fingerprint density at radius 1 is 1.37 bits per heavy atom. The normalized spacial score (nSPS) is 19.1. The second kappa shape index (κ2) is 7.48. The molecule has 0 bridgehead atoms. The second-order valence-corrected chi connectivity index (χ2v) is 4.87. The van der Waals surface area contributed by atoms with Gasteiger partial charge in [-0.25, -0.2) is 0 Å². The highest BCUT2D eigenvalue weighted by Crippen LogP contribution is 2.32. The fourth-order valence-electron chi connectivity index (χ4n) is 2.71. The van der Waals surface area contributed by atoms with Gasteiger partial charge in [0.1, 0.15) is 0 Å². The summed E-state index contributed by atoms with van der Waals surface area (Å²) < 4.78 is 5.39. The Labute approximate surface area is 115 Å². The zero-order chi connectivity index (χ0) is 13.5. The van der Waals surface area contributed by atoms with Crippen LogP contribution in [0.1, 0.15) is 24.4 Å². The minimum absolute atomic E-state index is 0.0957. The van der Waals surface area contributed by atoms with Crippen LogP contribution in [-0.2, 0) is 4.74 Å². The van der Waals surface area contributed by atoms with Gasteiger partial charge < -0.3 is 20.1 Å². The van der Waals surface area contributed by atoms with Crippen molar-refractivity contribution in [3.8, 4) is 0 Å². The van der Waals surface area contributed by atoms with Gasteiger partial charge in [0.2, 0.25) is 0 Å². The van der Waals surface area contributed by atoms with Crippen molar-refractivity contribution in [1.82, 2.24) is 5.32 Å². The molecule has 1 unspecified atom stereocenters. The molecule has 2 rings (SSSR count). The van der Waals surface area contributed by atoms with Crippen LogP contribution in [0.25, 0.3) is 0 Å². The third-order valence-corrected chi connectivity index (χ3v) is 3.66. The summed E-state index contributed by atoms with van der Waals surface area (Å²) in [6.45, 7) is 3.14. The van der Waals surface area contributed by atoms with Crippen molar-refractivity contribution in [1.29, 1.82) is 0 Å². The Balaban J connectivity index is 2.07. The quantitative estimate of drug-likeness (QED) is 0.765. The van der Waals surface area contributed by atoms with E-state index in [9.17, 15) is 0 Å². The number of benzene rings is 1. The lowest BCUT2D eigenvalue weighted by atomic mass is 10.0. The van der Waals surface area contributed by atoms with Crippen LogP contribution in [0.4, 0.5) is 5.69 Å². The van der Waals surface area contributed by atoms with Crippen molar-refractivity contribution in [3.63, 3.8) is 0 Å². The molecule has 0 amide bonds. The number of hydrogen-bond acceptors (Lipinski definition) is 4. The van der Waals surface area contributed by atoms with Crippen molar-refractivity contribution in [3.05, 3.63) is 29.8 Å². The van der Waals surface area contributed by atoms with Gasteiger partial charge in [-0.2, -0.15) is 0 Å². The highest BCUT2D eigenvalue weighted by molar-refractivity contribution is 5.55. The molecular formula is C15H24N2O2. The smallest absolute Gasteiger partial charge is 0.0698 e. The highest BCUT2D eigenvalue weighted by Gasteiger charge is 2.20. The first-order valence-electron chi connectivity index (χ1n) is 7.06. The SMILES string of the molecule is CNC1CCCN(CCOCCO)c2ccccc21. The third kappa shape index (κ3) is 3.69. The zero-order valence-electron chi connectivity index (χ0n) is 11.6. The van der Waals surface area contributed by atoms with Crippen LogP contribution in [-0.4, -0.2) is 45.1 Å². The number of anilines is 1. The number of aliphatic hydroxyl groups is 1. The number of aliphatic hydroxyl groups excluding tert-OH is 1. The molecule has 2 N–H and O–H groups in total. The van der Waals surface area contributed by atoms with Gasteiger partial charge in [-0.1, -0.05) is 18.2 Å². The minimum Gasteiger partial charge on any atom is -0.394 e. The van der Waals surface area contributed by atoms with Crippen LogP contribution in [0.3, 0.4) is 0 Å². The number of rotatable bonds is 6. The van der Waals surface area contributed by atoms with E-state index < -0.39 is 0 Å². The van der Waals surface area contributed by atoms with E-state index in [1.807, 2.05) is 7.05 Å². The van der Waals surface area contributed by atoms with Crippen molar-refractivity contribution < 1.29 is 9.84 Å². The van der Waals surface area contributed by atoms with Gasteiger partial charge in [0.05, 0.1) is 19.8 Å². The lowest BCUT2D eigenvalue weighted by molar-refractivity contribution is 0.0966. The van der Waals surface area contributed by atoms with Crippen molar-refractivity contribution >= 4 is 5.69 Å². The highest BCUT2D eigenvalue weighted by atomic mass is 16.5. The number of para-hydroxylation sites is 1. The maximum atomic E-state index is 8.73. The predicted octanol–water partition coefficient (Wildman–Crippen LogP) is 1.56. The summed E-state index contributed by atoms with van der Waals surface area (Å²) in [7, 11) is 2.03. The molecule has 0 aliphatic carbocycles. The van der Waals surface area contributed by atoms with Crippen LogP contribution < -0.4 is 10.2 Å². The molecule has 0 saturated carbocycles. The molecule has 0 fully saturated rings. The predicted molar refractivity (Wildman–Crippen MR) is 77.6 cm³/mol. The summed E-state index contributed by atoms with van der Waals surface area (Å²) >= 11 is 0. The molecule has 1 atom stereocenters. The first kappa shape index (κ1) is 14.3. The monoisotopic (exact) mass is 264 g/mol. The maximum Gasteiger partial charge on any atom is 0.0698 e. The Hall–Kier alpha value is -1.10. The average Bonchev–Trinajstić information content (AvgIpc) is 2.63. The largest absolute Gasteiger partial charge is 0.394 e.